The van der Waals surface area contributed by atoms with Gasteiger partial charge in [-0.25, -0.2) is 4.98 Å². The maximum atomic E-state index is 8.97. The molecular formula is C27H25N3. The van der Waals surface area contributed by atoms with Gasteiger partial charge in [0.1, 0.15) is 0 Å². The Bertz CT molecular complexity index is 1200. The summed E-state index contributed by atoms with van der Waals surface area (Å²) in [6.07, 6.45) is 4.62. The van der Waals surface area contributed by atoms with E-state index in [4.69, 9.17) is 5.26 Å². The molecule has 0 bridgehead atoms. The Morgan fingerprint density at radius 1 is 0.867 bits per heavy atom. The predicted octanol–water partition coefficient (Wildman–Crippen LogP) is 5.99. The molecule has 148 valence electrons. The van der Waals surface area contributed by atoms with E-state index in [1.54, 1.807) is 0 Å². The first-order valence-electron chi connectivity index (χ1n) is 10.2. The average molecular weight is 392 g/mol. The van der Waals surface area contributed by atoms with Crippen molar-refractivity contribution in [1.82, 2.24) is 9.55 Å². The fourth-order valence-corrected chi connectivity index (χ4v) is 4.02. The summed E-state index contributed by atoms with van der Waals surface area (Å²) in [5, 5.41) is 8.97. The van der Waals surface area contributed by atoms with Gasteiger partial charge < -0.3 is 4.57 Å². The molecule has 0 fully saturated rings. The molecule has 0 saturated carbocycles. The van der Waals surface area contributed by atoms with Crippen molar-refractivity contribution >= 4 is 0 Å². The lowest BCUT2D eigenvalue weighted by molar-refractivity contribution is 0.753. The molecule has 0 aliphatic rings. The molecular weight excluding hydrogens is 366 g/mol. The standard InChI is InChI=1S/C27H25N3/c1-19-10-20(2)12-25(11-19)27-9-8-24(13-21(27)3)17-30-18-29-16-26(30)14-22-4-6-23(15-28)7-5-22/h4-13,16,18H,14,17H2,1-3H3. The van der Waals surface area contributed by atoms with Gasteiger partial charge in [-0.2, -0.15) is 5.26 Å². The number of nitrogens with zero attached hydrogens (tertiary/aromatic N) is 3. The van der Waals surface area contributed by atoms with E-state index in [1.807, 2.05) is 36.8 Å². The maximum absolute atomic E-state index is 8.97. The Hall–Kier alpha value is -3.64. The number of aryl methyl sites for hydroxylation is 3. The molecule has 3 aromatic carbocycles. The molecule has 30 heavy (non-hydrogen) atoms. The van der Waals surface area contributed by atoms with E-state index in [9.17, 15) is 0 Å². The van der Waals surface area contributed by atoms with Crippen LogP contribution in [0.3, 0.4) is 0 Å². The van der Waals surface area contributed by atoms with Crippen LogP contribution in [0, 0.1) is 32.1 Å². The molecule has 0 atom stereocenters. The Balaban J connectivity index is 1.55. The zero-order chi connectivity index (χ0) is 21.1. The van der Waals surface area contributed by atoms with E-state index in [-0.39, 0.29) is 0 Å². The SMILES string of the molecule is Cc1cc(C)cc(-c2ccc(Cn3cncc3Cc3ccc(C#N)cc3)cc2C)c1. The first-order valence-corrected chi connectivity index (χ1v) is 10.2. The number of hydrogen-bond donors (Lipinski definition) is 0. The largest absolute Gasteiger partial charge is 0.330 e. The Morgan fingerprint density at radius 3 is 2.23 bits per heavy atom. The smallest absolute Gasteiger partial charge is 0.0991 e. The summed E-state index contributed by atoms with van der Waals surface area (Å²) in [4.78, 5) is 4.37. The predicted molar refractivity (Wildman–Crippen MR) is 121 cm³/mol. The van der Waals surface area contributed by atoms with Gasteiger partial charge in [-0.3, -0.25) is 0 Å². The first kappa shape index (κ1) is 19.7. The molecule has 1 heterocycles. The third-order valence-corrected chi connectivity index (χ3v) is 5.44. The van der Waals surface area contributed by atoms with Crippen molar-refractivity contribution in [2.75, 3.05) is 0 Å². The van der Waals surface area contributed by atoms with E-state index in [0.29, 0.717) is 5.56 Å². The van der Waals surface area contributed by atoms with Crippen molar-refractivity contribution in [2.24, 2.45) is 0 Å². The van der Waals surface area contributed by atoms with Crippen LogP contribution in [0.25, 0.3) is 11.1 Å². The van der Waals surface area contributed by atoms with Crippen LogP contribution in [-0.4, -0.2) is 9.55 Å². The van der Waals surface area contributed by atoms with Crippen LogP contribution in [0.5, 0.6) is 0 Å². The van der Waals surface area contributed by atoms with Gasteiger partial charge in [-0.05, 0) is 60.7 Å². The van der Waals surface area contributed by atoms with Crippen LogP contribution in [0.2, 0.25) is 0 Å². The van der Waals surface area contributed by atoms with Gasteiger partial charge in [0.25, 0.3) is 0 Å². The summed E-state index contributed by atoms with van der Waals surface area (Å²) in [5.74, 6) is 0. The monoisotopic (exact) mass is 391 g/mol. The Kier molecular flexibility index (Phi) is 5.50. The third-order valence-electron chi connectivity index (χ3n) is 5.44. The molecule has 1 aromatic heterocycles. The molecule has 0 spiro atoms. The Labute approximate surface area is 178 Å². The van der Waals surface area contributed by atoms with Gasteiger partial charge in [0.2, 0.25) is 0 Å². The van der Waals surface area contributed by atoms with Crippen LogP contribution in [0.4, 0.5) is 0 Å². The van der Waals surface area contributed by atoms with Crippen LogP contribution in [0.15, 0.2) is 73.2 Å². The van der Waals surface area contributed by atoms with Gasteiger partial charge in [0.05, 0.1) is 18.0 Å². The topological polar surface area (TPSA) is 41.6 Å². The molecule has 3 nitrogen and oxygen atoms in total. The zero-order valence-electron chi connectivity index (χ0n) is 17.7. The van der Waals surface area contributed by atoms with E-state index in [1.165, 1.54) is 38.9 Å². The molecule has 0 aliphatic carbocycles. The number of aromatic nitrogens is 2. The molecule has 0 unspecified atom stereocenters. The molecule has 0 N–H and O–H groups in total. The number of rotatable bonds is 5. The fourth-order valence-electron chi connectivity index (χ4n) is 4.02. The van der Waals surface area contributed by atoms with Crippen molar-refractivity contribution in [3.05, 3.63) is 112 Å². The second-order valence-electron chi connectivity index (χ2n) is 8.02. The molecule has 0 amide bonds. The minimum atomic E-state index is 0.687. The highest BCUT2D eigenvalue weighted by atomic mass is 15.0. The van der Waals surface area contributed by atoms with E-state index >= 15 is 0 Å². The van der Waals surface area contributed by atoms with Gasteiger partial charge >= 0.3 is 0 Å². The quantitative estimate of drug-likeness (QED) is 0.419. The average Bonchev–Trinajstić information content (AvgIpc) is 3.14. The number of benzene rings is 3. The van der Waals surface area contributed by atoms with Crippen LogP contribution in [-0.2, 0) is 13.0 Å². The highest BCUT2D eigenvalue weighted by Crippen LogP contribution is 2.27. The first-order chi connectivity index (χ1) is 14.5. The van der Waals surface area contributed by atoms with Crippen LogP contribution < -0.4 is 0 Å². The summed E-state index contributed by atoms with van der Waals surface area (Å²) in [5.41, 5.74) is 10.7. The zero-order valence-corrected chi connectivity index (χ0v) is 17.7. The number of imidazole rings is 1. The molecule has 0 saturated heterocycles. The summed E-state index contributed by atoms with van der Waals surface area (Å²) in [7, 11) is 0. The van der Waals surface area contributed by atoms with Crippen LogP contribution in [0.1, 0.15) is 39.1 Å². The molecule has 0 radical (unpaired) electrons. The second-order valence-corrected chi connectivity index (χ2v) is 8.02. The second kappa shape index (κ2) is 8.39. The summed E-state index contributed by atoms with van der Waals surface area (Å²) in [6.45, 7) is 7.27. The van der Waals surface area contributed by atoms with Gasteiger partial charge in [-0.15, -0.1) is 0 Å². The lowest BCUT2D eigenvalue weighted by Crippen LogP contribution is -2.04. The molecule has 3 heteroatoms. The highest BCUT2D eigenvalue weighted by molar-refractivity contribution is 5.69. The third kappa shape index (κ3) is 4.34. The van der Waals surface area contributed by atoms with Crippen molar-refractivity contribution in [3.63, 3.8) is 0 Å². The summed E-state index contributed by atoms with van der Waals surface area (Å²) < 4.78 is 2.20. The van der Waals surface area contributed by atoms with Gasteiger partial charge in [0.15, 0.2) is 0 Å². The fraction of sp³-hybridized carbons (Fsp3) is 0.185. The minimum Gasteiger partial charge on any atom is -0.330 e. The number of hydrogen-bond acceptors (Lipinski definition) is 2. The van der Waals surface area contributed by atoms with Crippen LogP contribution >= 0.6 is 0 Å². The molecule has 4 aromatic rings. The Morgan fingerprint density at radius 2 is 1.57 bits per heavy atom. The summed E-state index contributed by atoms with van der Waals surface area (Å²) in [6, 6.07) is 23.4. The van der Waals surface area contributed by atoms with Gasteiger partial charge in [0, 0.05) is 24.9 Å². The number of nitriles is 1. The normalized spacial score (nSPS) is 10.7. The maximum Gasteiger partial charge on any atom is 0.0991 e. The van der Waals surface area contributed by atoms with E-state index < -0.39 is 0 Å². The van der Waals surface area contributed by atoms with Crippen molar-refractivity contribution in [2.45, 2.75) is 33.7 Å². The van der Waals surface area contributed by atoms with E-state index in [2.05, 4.69) is 72.8 Å². The molecule has 0 aliphatic heterocycles. The van der Waals surface area contributed by atoms with Crippen molar-refractivity contribution in [3.8, 4) is 17.2 Å². The minimum absolute atomic E-state index is 0.687. The lowest BCUT2D eigenvalue weighted by atomic mass is 9.96. The van der Waals surface area contributed by atoms with Gasteiger partial charge in [-0.1, -0.05) is 59.7 Å². The lowest BCUT2D eigenvalue weighted by Gasteiger charge is -2.13. The summed E-state index contributed by atoms with van der Waals surface area (Å²) >= 11 is 0. The van der Waals surface area contributed by atoms with Crippen molar-refractivity contribution < 1.29 is 0 Å². The van der Waals surface area contributed by atoms with Crippen molar-refractivity contribution in [1.29, 1.82) is 5.26 Å². The van der Waals surface area contributed by atoms with E-state index in [0.717, 1.165) is 18.7 Å². The molecule has 4 rings (SSSR count). The highest BCUT2D eigenvalue weighted by Gasteiger charge is 2.08.